The van der Waals surface area contributed by atoms with E-state index in [4.69, 9.17) is 0 Å². The first-order valence-electron chi connectivity index (χ1n) is 7.20. The number of carbonyl (C=O) groups excluding carboxylic acids is 2. The molecule has 0 saturated carbocycles. The second-order valence-corrected chi connectivity index (χ2v) is 5.95. The van der Waals surface area contributed by atoms with Gasteiger partial charge in [0.25, 0.3) is 5.91 Å². The Labute approximate surface area is 118 Å². The largest absolute Gasteiger partial charge is 0.333 e. The first-order valence-corrected chi connectivity index (χ1v) is 7.20. The fourth-order valence-electron chi connectivity index (χ4n) is 3.02. The number of carbonyl (C=O) groups is 2. The number of imidazole rings is 1. The van der Waals surface area contributed by atoms with E-state index >= 15 is 0 Å². The highest BCUT2D eigenvalue weighted by atomic mass is 16.2. The van der Waals surface area contributed by atoms with Crippen LogP contribution in [-0.4, -0.2) is 43.9 Å². The number of hydrogen-bond acceptors (Lipinski definition) is 3. The number of nitrogens with zero attached hydrogens (tertiary/aromatic N) is 4. The predicted molar refractivity (Wildman–Crippen MR) is 72.7 cm³/mol. The molecule has 2 aliphatic rings. The normalized spacial score (nSPS) is 22.2. The van der Waals surface area contributed by atoms with Gasteiger partial charge in [-0.3, -0.25) is 9.69 Å². The standard InChI is InChI=1S/C14H20N4O2/c1-10(2)8-16-7-5-15-12(16)9-18-13(19)11-4-3-6-17(11)14(18)20/h5,7,10-11H,3-4,6,8-9H2,1-2H3. The van der Waals surface area contributed by atoms with Crippen LogP contribution in [-0.2, 0) is 17.9 Å². The lowest BCUT2D eigenvalue weighted by Gasteiger charge is -2.17. The van der Waals surface area contributed by atoms with Gasteiger partial charge in [-0.05, 0) is 18.8 Å². The topological polar surface area (TPSA) is 58.4 Å². The van der Waals surface area contributed by atoms with Gasteiger partial charge in [0.1, 0.15) is 11.9 Å². The van der Waals surface area contributed by atoms with Gasteiger partial charge in [-0.15, -0.1) is 0 Å². The van der Waals surface area contributed by atoms with Crippen LogP contribution in [0.25, 0.3) is 0 Å². The average molecular weight is 276 g/mol. The number of imide groups is 1. The molecule has 0 aliphatic carbocycles. The van der Waals surface area contributed by atoms with E-state index in [2.05, 4.69) is 18.8 Å². The van der Waals surface area contributed by atoms with Gasteiger partial charge in [-0.1, -0.05) is 13.8 Å². The molecule has 0 N–H and O–H groups in total. The first-order chi connectivity index (χ1) is 9.58. The highest BCUT2D eigenvalue weighted by Crippen LogP contribution is 2.28. The van der Waals surface area contributed by atoms with E-state index in [1.54, 1.807) is 11.1 Å². The Bertz CT molecular complexity index is 515. The summed E-state index contributed by atoms with van der Waals surface area (Å²) in [6.07, 6.45) is 5.35. The highest BCUT2D eigenvalue weighted by molar-refractivity contribution is 6.04. The second-order valence-electron chi connectivity index (χ2n) is 5.95. The molecule has 6 heteroatoms. The molecular formula is C14H20N4O2. The Morgan fingerprint density at radius 2 is 2.20 bits per heavy atom. The van der Waals surface area contributed by atoms with Crippen molar-refractivity contribution in [1.82, 2.24) is 19.4 Å². The minimum atomic E-state index is -0.226. The zero-order chi connectivity index (χ0) is 14.3. The quantitative estimate of drug-likeness (QED) is 0.782. The second kappa shape index (κ2) is 4.92. The third-order valence-electron chi connectivity index (χ3n) is 3.94. The number of fused-ring (bicyclic) bond motifs is 1. The van der Waals surface area contributed by atoms with Crippen molar-refractivity contribution in [2.24, 2.45) is 5.92 Å². The molecule has 0 radical (unpaired) electrons. The summed E-state index contributed by atoms with van der Waals surface area (Å²) in [5, 5.41) is 0. The Hall–Kier alpha value is -1.85. The van der Waals surface area contributed by atoms with Crippen LogP contribution >= 0.6 is 0 Å². The molecule has 108 valence electrons. The maximum atomic E-state index is 12.3. The minimum Gasteiger partial charge on any atom is -0.333 e. The van der Waals surface area contributed by atoms with Crippen molar-refractivity contribution in [3.05, 3.63) is 18.2 Å². The van der Waals surface area contributed by atoms with E-state index in [0.29, 0.717) is 12.5 Å². The summed E-state index contributed by atoms with van der Waals surface area (Å²) in [6, 6.07) is -0.382. The fourth-order valence-corrected chi connectivity index (χ4v) is 3.02. The van der Waals surface area contributed by atoms with Crippen LogP contribution in [0.4, 0.5) is 4.79 Å². The third kappa shape index (κ3) is 2.09. The number of rotatable bonds is 4. The lowest BCUT2D eigenvalue weighted by atomic mass is 10.2. The van der Waals surface area contributed by atoms with Crippen molar-refractivity contribution in [2.45, 2.75) is 45.8 Å². The monoisotopic (exact) mass is 276 g/mol. The molecule has 1 aromatic heterocycles. The van der Waals surface area contributed by atoms with Gasteiger partial charge < -0.3 is 9.47 Å². The number of amides is 3. The average Bonchev–Trinajstić information content (AvgIpc) is 3.06. The molecule has 0 spiro atoms. The van der Waals surface area contributed by atoms with Crippen molar-refractivity contribution >= 4 is 11.9 Å². The summed E-state index contributed by atoms with van der Waals surface area (Å²) in [7, 11) is 0. The zero-order valence-electron chi connectivity index (χ0n) is 12.0. The summed E-state index contributed by atoms with van der Waals surface area (Å²) in [5.41, 5.74) is 0. The van der Waals surface area contributed by atoms with E-state index in [1.807, 2.05) is 10.8 Å². The van der Waals surface area contributed by atoms with Crippen molar-refractivity contribution in [3.8, 4) is 0 Å². The molecule has 2 aliphatic heterocycles. The molecule has 2 fully saturated rings. The van der Waals surface area contributed by atoms with Gasteiger partial charge in [-0.25, -0.2) is 9.78 Å². The highest BCUT2D eigenvalue weighted by Gasteiger charge is 2.47. The van der Waals surface area contributed by atoms with Gasteiger partial charge in [0.2, 0.25) is 0 Å². The molecule has 3 rings (SSSR count). The fraction of sp³-hybridized carbons (Fsp3) is 0.643. The van der Waals surface area contributed by atoms with Crippen LogP contribution in [0.3, 0.4) is 0 Å². The van der Waals surface area contributed by atoms with Gasteiger partial charge in [0.15, 0.2) is 0 Å². The molecule has 1 aromatic rings. The van der Waals surface area contributed by atoms with E-state index in [0.717, 1.165) is 25.2 Å². The van der Waals surface area contributed by atoms with Gasteiger partial charge in [-0.2, -0.15) is 0 Å². The van der Waals surface area contributed by atoms with Crippen LogP contribution < -0.4 is 0 Å². The summed E-state index contributed by atoms with van der Waals surface area (Å²) >= 11 is 0. The smallest absolute Gasteiger partial charge is 0.327 e. The summed E-state index contributed by atoms with van der Waals surface area (Å²) in [5.74, 6) is 1.21. The molecule has 3 amide bonds. The van der Waals surface area contributed by atoms with Crippen molar-refractivity contribution in [3.63, 3.8) is 0 Å². The van der Waals surface area contributed by atoms with Crippen LogP contribution in [0.15, 0.2) is 12.4 Å². The minimum absolute atomic E-state index is 0.0633. The van der Waals surface area contributed by atoms with E-state index in [-0.39, 0.29) is 24.5 Å². The maximum Gasteiger partial charge on any atom is 0.327 e. The first kappa shape index (κ1) is 13.1. The van der Waals surface area contributed by atoms with Crippen LogP contribution in [0.5, 0.6) is 0 Å². The molecule has 3 heterocycles. The van der Waals surface area contributed by atoms with E-state index in [1.165, 1.54) is 4.90 Å². The molecule has 2 saturated heterocycles. The summed E-state index contributed by atoms with van der Waals surface area (Å²) < 4.78 is 2.02. The third-order valence-corrected chi connectivity index (χ3v) is 3.94. The van der Waals surface area contributed by atoms with Gasteiger partial charge in [0.05, 0.1) is 6.54 Å². The Kier molecular flexibility index (Phi) is 3.23. The number of aromatic nitrogens is 2. The van der Waals surface area contributed by atoms with Crippen molar-refractivity contribution in [1.29, 1.82) is 0 Å². The SMILES string of the molecule is CC(C)Cn1ccnc1CN1C(=O)C2CCCN2C1=O. The Balaban J connectivity index is 1.77. The number of hydrogen-bond donors (Lipinski definition) is 0. The predicted octanol–water partition coefficient (Wildman–Crippen LogP) is 1.47. The van der Waals surface area contributed by atoms with Crippen molar-refractivity contribution < 1.29 is 9.59 Å². The van der Waals surface area contributed by atoms with Crippen LogP contribution in [0, 0.1) is 5.92 Å². The Morgan fingerprint density at radius 1 is 1.40 bits per heavy atom. The van der Waals surface area contributed by atoms with Crippen LogP contribution in [0.1, 0.15) is 32.5 Å². The van der Waals surface area contributed by atoms with Crippen molar-refractivity contribution in [2.75, 3.05) is 6.54 Å². The summed E-state index contributed by atoms with van der Waals surface area (Å²) in [6.45, 7) is 6.09. The van der Waals surface area contributed by atoms with Crippen LogP contribution in [0.2, 0.25) is 0 Å². The molecule has 0 bridgehead atoms. The maximum absolute atomic E-state index is 12.3. The molecular weight excluding hydrogens is 256 g/mol. The molecule has 20 heavy (non-hydrogen) atoms. The lowest BCUT2D eigenvalue weighted by Crippen LogP contribution is -2.33. The molecule has 1 atom stereocenters. The lowest BCUT2D eigenvalue weighted by molar-refractivity contribution is -0.128. The van der Waals surface area contributed by atoms with E-state index in [9.17, 15) is 9.59 Å². The zero-order valence-corrected chi connectivity index (χ0v) is 12.0. The van der Waals surface area contributed by atoms with Gasteiger partial charge >= 0.3 is 6.03 Å². The molecule has 6 nitrogen and oxygen atoms in total. The number of urea groups is 1. The van der Waals surface area contributed by atoms with E-state index < -0.39 is 0 Å². The molecule has 0 aromatic carbocycles. The molecule has 1 unspecified atom stereocenters. The Morgan fingerprint density at radius 3 is 2.90 bits per heavy atom. The van der Waals surface area contributed by atoms with Gasteiger partial charge in [0, 0.05) is 25.5 Å². The summed E-state index contributed by atoms with van der Waals surface area (Å²) in [4.78, 5) is 31.9.